The number of nitrogens with one attached hydrogen (secondary N) is 2. The van der Waals surface area contributed by atoms with Gasteiger partial charge in [0.15, 0.2) is 0 Å². The summed E-state index contributed by atoms with van der Waals surface area (Å²) < 4.78 is 0. The molecule has 31 heavy (non-hydrogen) atoms. The third kappa shape index (κ3) is 2.71. The van der Waals surface area contributed by atoms with Crippen LogP contribution in [-0.4, -0.2) is 35.2 Å². The van der Waals surface area contributed by atoms with Gasteiger partial charge in [0, 0.05) is 23.8 Å². The summed E-state index contributed by atoms with van der Waals surface area (Å²) in [7, 11) is 0. The second-order valence-corrected chi connectivity index (χ2v) is 9.24. The Labute approximate surface area is 182 Å². The molecule has 2 aromatic rings. The van der Waals surface area contributed by atoms with Gasteiger partial charge in [-0.15, -0.1) is 0 Å². The fourth-order valence-corrected chi connectivity index (χ4v) is 5.65. The minimum atomic E-state index is -1.20. The minimum Gasteiger partial charge on any atom is -0.324 e. The summed E-state index contributed by atoms with van der Waals surface area (Å²) in [5, 5.41) is 6.47. The number of amides is 3. The zero-order valence-corrected chi connectivity index (χ0v) is 18.0. The summed E-state index contributed by atoms with van der Waals surface area (Å²) in [6.45, 7) is 6.33. The van der Waals surface area contributed by atoms with Crippen LogP contribution in [0.2, 0.25) is 0 Å². The van der Waals surface area contributed by atoms with Crippen molar-refractivity contribution in [1.82, 2.24) is 10.2 Å². The predicted molar refractivity (Wildman–Crippen MR) is 117 cm³/mol. The molecule has 3 aliphatic heterocycles. The van der Waals surface area contributed by atoms with Crippen LogP contribution in [0, 0.1) is 24.7 Å². The lowest BCUT2D eigenvalue weighted by Gasteiger charge is -2.30. The highest BCUT2D eigenvalue weighted by atomic mass is 16.2. The predicted octanol–water partition coefficient (Wildman–Crippen LogP) is 2.61. The van der Waals surface area contributed by atoms with Crippen molar-refractivity contribution in [2.45, 2.75) is 38.8 Å². The van der Waals surface area contributed by atoms with Crippen LogP contribution in [0.1, 0.15) is 30.5 Å². The Balaban J connectivity index is 1.56. The van der Waals surface area contributed by atoms with E-state index in [1.54, 1.807) is 0 Å². The number of hydrogen-bond donors (Lipinski definition) is 2. The lowest BCUT2D eigenvalue weighted by Crippen LogP contribution is -2.54. The van der Waals surface area contributed by atoms with Gasteiger partial charge in [-0.25, -0.2) is 0 Å². The zero-order chi connectivity index (χ0) is 21.9. The molecule has 5 rings (SSSR count). The van der Waals surface area contributed by atoms with Crippen molar-refractivity contribution in [2.24, 2.45) is 17.8 Å². The third-order valence-electron chi connectivity index (χ3n) is 7.17. The fraction of sp³-hybridized carbons (Fsp3) is 0.400. The Morgan fingerprint density at radius 3 is 2.45 bits per heavy atom. The number of aryl methyl sites for hydroxylation is 1. The van der Waals surface area contributed by atoms with Gasteiger partial charge in [-0.3, -0.25) is 24.6 Å². The normalized spacial score (nSPS) is 29.1. The molecule has 2 aromatic carbocycles. The summed E-state index contributed by atoms with van der Waals surface area (Å²) in [5.41, 5.74) is 2.36. The van der Waals surface area contributed by atoms with E-state index in [1.165, 1.54) is 4.90 Å². The van der Waals surface area contributed by atoms with E-state index < -0.39 is 17.4 Å². The number of imide groups is 1. The number of benzene rings is 2. The first-order chi connectivity index (χ1) is 14.9. The van der Waals surface area contributed by atoms with Gasteiger partial charge in [0.25, 0.3) is 0 Å². The molecule has 2 saturated heterocycles. The van der Waals surface area contributed by atoms with Crippen LogP contribution in [0.25, 0.3) is 0 Å². The van der Waals surface area contributed by atoms with Crippen molar-refractivity contribution in [3.8, 4) is 0 Å². The van der Waals surface area contributed by atoms with Gasteiger partial charge in [0.1, 0.15) is 5.54 Å². The molecule has 0 saturated carbocycles. The third-order valence-corrected chi connectivity index (χ3v) is 7.17. The van der Waals surface area contributed by atoms with Crippen LogP contribution in [0.15, 0.2) is 48.5 Å². The van der Waals surface area contributed by atoms with E-state index in [-0.39, 0.29) is 29.7 Å². The topological polar surface area (TPSA) is 78.5 Å². The number of fused-ring (bicyclic) bond motifs is 4. The maximum absolute atomic E-state index is 13.7. The largest absolute Gasteiger partial charge is 0.324 e. The average Bonchev–Trinajstić information content (AvgIpc) is 3.34. The summed E-state index contributed by atoms with van der Waals surface area (Å²) in [4.78, 5) is 42.0. The Kier molecular flexibility index (Phi) is 4.52. The molecule has 1 spiro atoms. The number of anilines is 1. The molecular weight excluding hydrogens is 390 g/mol. The first kappa shape index (κ1) is 19.9. The molecule has 2 fully saturated rings. The molecule has 160 valence electrons. The van der Waals surface area contributed by atoms with Gasteiger partial charge in [-0.05, 0) is 30.4 Å². The fourth-order valence-electron chi connectivity index (χ4n) is 5.65. The highest BCUT2D eigenvalue weighted by Crippen LogP contribution is 2.54. The number of rotatable bonds is 4. The SMILES string of the molecule is Cc1cccc2c1NC(=O)C21NC(C(C)C)C2C(=O)N(CCc3ccccc3)C(=O)C21. The smallest absolute Gasteiger partial charge is 0.250 e. The van der Waals surface area contributed by atoms with Crippen LogP contribution < -0.4 is 10.6 Å². The molecule has 2 N–H and O–H groups in total. The van der Waals surface area contributed by atoms with Gasteiger partial charge in [0.05, 0.1) is 11.8 Å². The maximum atomic E-state index is 13.7. The van der Waals surface area contributed by atoms with Crippen molar-refractivity contribution in [1.29, 1.82) is 0 Å². The Bertz CT molecular complexity index is 1080. The van der Waals surface area contributed by atoms with Crippen LogP contribution in [0.3, 0.4) is 0 Å². The van der Waals surface area contributed by atoms with Crippen LogP contribution >= 0.6 is 0 Å². The zero-order valence-electron chi connectivity index (χ0n) is 18.0. The lowest BCUT2D eigenvalue weighted by atomic mass is 9.75. The van der Waals surface area contributed by atoms with E-state index in [2.05, 4.69) is 10.6 Å². The summed E-state index contributed by atoms with van der Waals surface area (Å²) >= 11 is 0. The first-order valence-corrected chi connectivity index (χ1v) is 10.9. The monoisotopic (exact) mass is 417 g/mol. The number of hydrogen-bond acceptors (Lipinski definition) is 4. The lowest BCUT2D eigenvalue weighted by molar-refractivity contribution is -0.142. The standard InChI is InChI=1S/C25H27N3O3/c1-14(2)20-18-19(23(30)28(22(18)29)13-12-16-9-5-4-6-10-16)25(27-20)17-11-7-8-15(3)21(17)26-24(25)31/h4-11,14,18-20,27H,12-13H2,1-3H3,(H,26,31). The van der Waals surface area contributed by atoms with Crippen LogP contribution in [-0.2, 0) is 26.3 Å². The van der Waals surface area contributed by atoms with Crippen LogP contribution in [0.5, 0.6) is 0 Å². The molecule has 3 heterocycles. The van der Waals surface area contributed by atoms with Crippen LogP contribution in [0.4, 0.5) is 5.69 Å². The number of nitrogens with zero attached hydrogens (tertiary/aromatic N) is 1. The summed E-state index contributed by atoms with van der Waals surface area (Å²) in [6.07, 6.45) is 0.604. The first-order valence-electron chi connectivity index (χ1n) is 10.9. The van der Waals surface area contributed by atoms with Crippen molar-refractivity contribution < 1.29 is 14.4 Å². The van der Waals surface area contributed by atoms with Crippen molar-refractivity contribution in [2.75, 3.05) is 11.9 Å². The molecule has 0 bridgehead atoms. The summed E-state index contributed by atoms with van der Waals surface area (Å²) in [5.74, 6) is -1.82. The van der Waals surface area contributed by atoms with E-state index in [0.29, 0.717) is 13.0 Å². The molecule has 0 radical (unpaired) electrons. The van der Waals surface area contributed by atoms with E-state index in [4.69, 9.17) is 0 Å². The quantitative estimate of drug-likeness (QED) is 0.750. The number of carbonyl (C=O) groups excluding carboxylic acids is 3. The molecule has 0 aliphatic carbocycles. The second kappa shape index (κ2) is 7.02. The van der Waals surface area contributed by atoms with Gasteiger partial charge >= 0.3 is 0 Å². The van der Waals surface area contributed by atoms with E-state index in [9.17, 15) is 14.4 Å². The van der Waals surface area contributed by atoms with Crippen molar-refractivity contribution in [3.63, 3.8) is 0 Å². The average molecular weight is 418 g/mol. The van der Waals surface area contributed by atoms with E-state index >= 15 is 0 Å². The molecule has 3 aliphatic rings. The minimum absolute atomic E-state index is 0.0966. The maximum Gasteiger partial charge on any atom is 0.250 e. The molecule has 6 heteroatoms. The van der Waals surface area contributed by atoms with Gasteiger partial charge < -0.3 is 5.32 Å². The molecular formula is C25H27N3O3. The number of carbonyl (C=O) groups is 3. The number of para-hydroxylation sites is 1. The van der Waals surface area contributed by atoms with Gasteiger partial charge in [0.2, 0.25) is 17.7 Å². The van der Waals surface area contributed by atoms with Gasteiger partial charge in [-0.1, -0.05) is 62.4 Å². The molecule has 4 atom stereocenters. The van der Waals surface area contributed by atoms with E-state index in [0.717, 1.165) is 22.4 Å². The molecule has 4 unspecified atom stereocenters. The number of likely N-dealkylation sites (tertiary alicyclic amines) is 1. The van der Waals surface area contributed by atoms with E-state index in [1.807, 2.05) is 69.3 Å². The molecule has 3 amide bonds. The highest BCUT2D eigenvalue weighted by molar-refractivity contribution is 6.15. The molecule has 6 nitrogen and oxygen atoms in total. The second-order valence-electron chi connectivity index (χ2n) is 9.24. The van der Waals surface area contributed by atoms with Crippen molar-refractivity contribution in [3.05, 3.63) is 65.2 Å². The molecule has 0 aromatic heterocycles. The Morgan fingerprint density at radius 2 is 1.74 bits per heavy atom. The Hall–Kier alpha value is -2.99. The van der Waals surface area contributed by atoms with Crippen molar-refractivity contribution >= 4 is 23.4 Å². The van der Waals surface area contributed by atoms with Gasteiger partial charge in [-0.2, -0.15) is 0 Å². The highest BCUT2D eigenvalue weighted by Gasteiger charge is 2.70. The summed E-state index contributed by atoms with van der Waals surface area (Å²) in [6, 6.07) is 15.3. The Morgan fingerprint density at radius 1 is 1.00 bits per heavy atom.